The Kier molecular flexibility index (Phi) is 4.22. The lowest BCUT2D eigenvalue weighted by atomic mass is 10.1. The molecule has 0 atom stereocenters. The molecule has 0 heterocycles. The van der Waals surface area contributed by atoms with Crippen molar-refractivity contribution >= 4 is 33.3 Å². The minimum Gasteiger partial charge on any atom is -0.457 e. The van der Waals surface area contributed by atoms with Gasteiger partial charge in [0.1, 0.15) is 17.3 Å². The van der Waals surface area contributed by atoms with Crippen LogP contribution in [0.5, 0.6) is 11.5 Å². The van der Waals surface area contributed by atoms with Crippen molar-refractivity contribution < 1.29 is 13.9 Å². The van der Waals surface area contributed by atoms with Gasteiger partial charge in [-0.25, -0.2) is 4.39 Å². The van der Waals surface area contributed by atoms with Crippen molar-refractivity contribution in [1.82, 2.24) is 0 Å². The molecule has 0 saturated carbocycles. The zero-order chi connectivity index (χ0) is 14.0. The molecule has 19 heavy (non-hydrogen) atoms. The van der Waals surface area contributed by atoms with Crippen molar-refractivity contribution in [3.8, 4) is 11.5 Å². The molecule has 0 spiro atoms. The van der Waals surface area contributed by atoms with Crippen LogP contribution in [0, 0.1) is 5.82 Å². The summed E-state index contributed by atoms with van der Waals surface area (Å²) in [6.45, 7) is 1.44. The van der Waals surface area contributed by atoms with Gasteiger partial charge in [0.25, 0.3) is 0 Å². The average molecular weight is 344 g/mol. The summed E-state index contributed by atoms with van der Waals surface area (Å²) in [5, 5.41) is 0.308. The number of Topliss-reactive ketones (excluding diaryl/α,β-unsaturated/α-hetero) is 1. The van der Waals surface area contributed by atoms with E-state index in [1.807, 2.05) is 0 Å². The van der Waals surface area contributed by atoms with E-state index in [-0.39, 0.29) is 5.78 Å². The van der Waals surface area contributed by atoms with Crippen LogP contribution < -0.4 is 4.74 Å². The lowest BCUT2D eigenvalue weighted by Gasteiger charge is -2.08. The number of carbonyl (C=O) groups is 1. The fourth-order valence-electron chi connectivity index (χ4n) is 1.52. The van der Waals surface area contributed by atoms with E-state index in [4.69, 9.17) is 16.3 Å². The predicted octanol–water partition coefficient (Wildman–Crippen LogP) is 5.24. The SMILES string of the molecule is CC(=O)c1ccc(Oc2ccc(Br)c(F)c2)cc1Cl. The lowest BCUT2D eigenvalue weighted by molar-refractivity contribution is 0.101. The fraction of sp³-hybridized carbons (Fsp3) is 0.0714. The molecule has 0 aliphatic rings. The molecule has 5 heteroatoms. The monoisotopic (exact) mass is 342 g/mol. The summed E-state index contributed by atoms with van der Waals surface area (Å²) in [5.41, 5.74) is 0.427. The summed E-state index contributed by atoms with van der Waals surface area (Å²) in [6.07, 6.45) is 0. The molecule has 98 valence electrons. The summed E-state index contributed by atoms with van der Waals surface area (Å²) in [5.74, 6) is 0.263. The Labute approximate surface area is 123 Å². The van der Waals surface area contributed by atoms with Gasteiger partial charge in [-0.15, -0.1) is 0 Å². The largest absolute Gasteiger partial charge is 0.457 e. The molecule has 2 rings (SSSR count). The number of halogens is 3. The Bertz CT molecular complexity index is 643. The van der Waals surface area contributed by atoms with Crippen LogP contribution in [0.15, 0.2) is 40.9 Å². The minimum absolute atomic E-state index is 0.119. The standard InChI is InChI=1S/C14H9BrClFO2/c1-8(18)11-4-2-9(6-13(11)16)19-10-3-5-12(15)14(17)7-10/h2-7H,1H3. The van der Waals surface area contributed by atoms with Crippen LogP contribution in [0.3, 0.4) is 0 Å². The number of hydrogen-bond acceptors (Lipinski definition) is 2. The Morgan fingerprint density at radius 1 is 1.21 bits per heavy atom. The second-order valence-corrected chi connectivity index (χ2v) is 5.14. The van der Waals surface area contributed by atoms with Crippen LogP contribution in [0.2, 0.25) is 5.02 Å². The van der Waals surface area contributed by atoms with Gasteiger partial charge in [-0.1, -0.05) is 11.6 Å². The van der Waals surface area contributed by atoms with Crippen molar-refractivity contribution in [2.24, 2.45) is 0 Å². The Balaban J connectivity index is 2.26. The maximum Gasteiger partial charge on any atom is 0.161 e. The highest BCUT2D eigenvalue weighted by atomic mass is 79.9. The van der Waals surface area contributed by atoms with E-state index in [2.05, 4.69) is 15.9 Å². The van der Waals surface area contributed by atoms with Crippen molar-refractivity contribution in [3.05, 3.63) is 57.3 Å². The third-order valence-electron chi connectivity index (χ3n) is 2.45. The van der Waals surface area contributed by atoms with Crippen LogP contribution in [0.4, 0.5) is 4.39 Å². The quantitative estimate of drug-likeness (QED) is 0.713. The van der Waals surface area contributed by atoms with Crippen LogP contribution in [-0.4, -0.2) is 5.78 Å². The fourth-order valence-corrected chi connectivity index (χ4v) is 2.07. The molecular formula is C14H9BrClFO2. The summed E-state index contributed by atoms with van der Waals surface area (Å²) in [4.78, 5) is 11.2. The number of benzene rings is 2. The van der Waals surface area contributed by atoms with E-state index >= 15 is 0 Å². The first kappa shape index (κ1) is 14.0. The molecule has 0 bridgehead atoms. The first-order valence-electron chi connectivity index (χ1n) is 5.41. The van der Waals surface area contributed by atoms with Crippen LogP contribution in [-0.2, 0) is 0 Å². The highest BCUT2D eigenvalue weighted by molar-refractivity contribution is 9.10. The lowest BCUT2D eigenvalue weighted by Crippen LogP contribution is -1.94. The normalized spacial score (nSPS) is 10.3. The Morgan fingerprint density at radius 2 is 1.84 bits per heavy atom. The zero-order valence-electron chi connectivity index (χ0n) is 9.91. The van der Waals surface area contributed by atoms with E-state index in [1.165, 1.54) is 19.1 Å². The smallest absolute Gasteiger partial charge is 0.161 e. The number of ketones is 1. The molecule has 0 fully saturated rings. The van der Waals surface area contributed by atoms with Crippen LogP contribution in [0.25, 0.3) is 0 Å². The molecule has 0 aliphatic heterocycles. The number of ether oxygens (including phenoxy) is 1. The third-order valence-corrected chi connectivity index (χ3v) is 3.40. The van der Waals surface area contributed by atoms with Crippen molar-refractivity contribution in [3.63, 3.8) is 0 Å². The second kappa shape index (κ2) is 5.72. The summed E-state index contributed by atoms with van der Waals surface area (Å²) in [6, 6.07) is 9.16. The van der Waals surface area contributed by atoms with Crippen molar-refractivity contribution in [2.45, 2.75) is 6.92 Å². The molecule has 2 aromatic carbocycles. The molecular weight excluding hydrogens is 335 g/mol. The predicted molar refractivity (Wildman–Crippen MR) is 75.6 cm³/mol. The highest BCUT2D eigenvalue weighted by Crippen LogP contribution is 2.29. The van der Waals surface area contributed by atoms with Gasteiger partial charge in [0.05, 0.1) is 9.50 Å². The van der Waals surface area contributed by atoms with Gasteiger partial charge < -0.3 is 4.74 Å². The molecule has 2 aromatic rings. The van der Waals surface area contributed by atoms with Crippen LogP contribution in [0.1, 0.15) is 17.3 Å². The molecule has 0 unspecified atom stereocenters. The molecule has 0 N–H and O–H groups in total. The van der Waals surface area contributed by atoms with Crippen molar-refractivity contribution in [2.75, 3.05) is 0 Å². The molecule has 0 radical (unpaired) electrons. The van der Waals surface area contributed by atoms with Crippen LogP contribution >= 0.6 is 27.5 Å². The number of rotatable bonds is 3. The minimum atomic E-state index is -0.413. The van der Waals surface area contributed by atoms with Gasteiger partial charge in [0.2, 0.25) is 0 Å². The summed E-state index contributed by atoms with van der Waals surface area (Å²) >= 11 is 9.03. The van der Waals surface area contributed by atoms with E-state index in [0.29, 0.717) is 26.6 Å². The summed E-state index contributed by atoms with van der Waals surface area (Å²) < 4.78 is 19.2. The van der Waals surface area contributed by atoms with E-state index in [0.717, 1.165) is 0 Å². The second-order valence-electron chi connectivity index (χ2n) is 3.88. The number of hydrogen-bond donors (Lipinski definition) is 0. The van der Waals surface area contributed by atoms with Gasteiger partial charge >= 0.3 is 0 Å². The molecule has 0 aliphatic carbocycles. The Morgan fingerprint density at radius 3 is 2.42 bits per heavy atom. The van der Waals surface area contributed by atoms with Gasteiger partial charge in [-0.2, -0.15) is 0 Å². The van der Waals surface area contributed by atoms with E-state index < -0.39 is 5.82 Å². The zero-order valence-corrected chi connectivity index (χ0v) is 12.3. The van der Waals surface area contributed by atoms with E-state index in [9.17, 15) is 9.18 Å². The third kappa shape index (κ3) is 3.33. The highest BCUT2D eigenvalue weighted by Gasteiger charge is 2.08. The molecule has 0 aromatic heterocycles. The van der Waals surface area contributed by atoms with Gasteiger partial charge in [0.15, 0.2) is 5.78 Å². The van der Waals surface area contributed by atoms with Crippen molar-refractivity contribution in [1.29, 1.82) is 0 Å². The van der Waals surface area contributed by atoms with E-state index in [1.54, 1.807) is 24.3 Å². The molecule has 0 saturated heterocycles. The van der Waals surface area contributed by atoms with Gasteiger partial charge in [-0.05, 0) is 47.1 Å². The van der Waals surface area contributed by atoms with Gasteiger partial charge in [0, 0.05) is 17.7 Å². The Hall–Kier alpha value is -1.39. The first-order valence-corrected chi connectivity index (χ1v) is 6.58. The number of carbonyl (C=O) groups excluding carboxylic acids is 1. The maximum atomic E-state index is 13.3. The first-order chi connectivity index (χ1) is 8.97. The molecule has 2 nitrogen and oxygen atoms in total. The topological polar surface area (TPSA) is 26.3 Å². The molecule has 0 amide bonds. The average Bonchev–Trinajstić information content (AvgIpc) is 2.33. The van der Waals surface area contributed by atoms with Gasteiger partial charge in [-0.3, -0.25) is 4.79 Å². The summed E-state index contributed by atoms with van der Waals surface area (Å²) in [7, 11) is 0. The maximum absolute atomic E-state index is 13.3.